The predicted molar refractivity (Wildman–Crippen MR) is 123 cm³/mol. The first-order valence-electron chi connectivity index (χ1n) is 9.12. The topological polar surface area (TPSA) is 37.0 Å². The SMILES string of the molecule is S=C(Nc1ccc2cc3ccccc3nc2c1)Nc1cccc2ccccc12. The molecule has 0 fully saturated rings. The summed E-state index contributed by atoms with van der Waals surface area (Å²) in [5.41, 5.74) is 3.83. The molecule has 3 nitrogen and oxygen atoms in total. The molecule has 0 aliphatic heterocycles. The van der Waals surface area contributed by atoms with Crippen molar-refractivity contribution in [2.24, 2.45) is 0 Å². The van der Waals surface area contributed by atoms with Crippen LogP contribution >= 0.6 is 12.2 Å². The van der Waals surface area contributed by atoms with Crippen LogP contribution in [0.3, 0.4) is 0 Å². The number of fused-ring (bicyclic) bond motifs is 3. The van der Waals surface area contributed by atoms with E-state index >= 15 is 0 Å². The number of hydrogen-bond donors (Lipinski definition) is 2. The zero-order chi connectivity index (χ0) is 18.9. The van der Waals surface area contributed by atoms with Crippen LogP contribution in [0.4, 0.5) is 11.4 Å². The zero-order valence-electron chi connectivity index (χ0n) is 15.0. The van der Waals surface area contributed by atoms with E-state index in [1.54, 1.807) is 0 Å². The summed E-state index contributed by atoms with van der Waals surface area (Å²) in [6.45, 7) is 0. The van der Waals surface area contributed by atoms with Gasteiger partial charge in [-0.05, 0) is 47.9 Å². The van der Waals surface area contributed by atoms with Crippen molar-refractivity contribution >= 4 is 61.3 Å². The molecule has 0 saturated carbocycles. The van der Waals surface area contributed by atoms with Gasteiger partial charge in [0.05, 0.1) is 11.0 Å². The first-order valence-corrected chi connectivity index (χ1v) is 9.52. The highest BCUT2D eigenvalue weighted by Gasteiger charge is 2.05. The Morgan fingerprint density at radius 2 is 1.39 bits per heavy atom. The molecular weight excluding hydrogens is 362 g/mol. The number of aromatic nitrogens is 1. The number of hydrogen-bond acceptors (Lipinski definition) is 2. The fraction of sp³-hybridized carbons (Fsp3) is 0. The Bertz CT molecular complexity index is 1340. The minimum Gasteiger partial charge on any atom is -0.332 e. The fourth-order valence-electron chi connectivity index (χ4n) is 3.47. The van der Waals surface area contributed by atoms with Crippen molar-refractivity contribution in [1.29, 1.82) is 0 Å². The van der Waals surface area contributed by atoms with Gasteiger partial charge < -0.3 is 10.6 Å². The lowest BCUT2D eigenvalue weighted by Gasteiger charge is -2.13. The Morgan fingerprint density at radius 1 is 0.643 bits per heavy atom. The van der Waals surface area contributed by atoms with Crippen molar-refractivity contribution in [3.8, 4) is 0 Å². The number of para-hydroxylation sites is 1. The summed E-state index contributed by atoms with van der Waals surface area (Å²) in [6, 6.07) is 30.8. The average molecular weight is 379 g/mol. The van der Waals surface area contributed by atoms with E-state index in [1.165, 1.54) is 5.39 Å². The van der Waals surface area contributed by atoms with Crippen LogP contribution in [0, 0.1) is 0 Å². The number of nitrogens with one attached hydrogen (secondary N) is 2. The summed E-state index contributed by atoms with van der Waals surface area (Å²) in [6.07, 6.45) is 0. The second-order valence-electron chi connectivity index (χ2n) is 6.69. The largest absolute Gasteiger partial charge is 0.332 e. The number of rotatable bonds is 2. The van der Waals surface area contributed by atoms with Gasteiger partial charge >= 0.3 is 0 Å². The highest BCUT2D eigenvalue weighted by atomic mass is 32.1. The van der Waals surface area contributed by atoms with Crippen molar-refractivity contribution < 1.29 is 0 Å². The number of benzene rings is 4. The molecule has 28 heavy (non-hydrogen) atoms. The summed E-state index contributed by atoms with van der Waals surface area (Å²) in [7, 11) is 0. The number of thiocarbonyl (C=S) groups is 1. The van der Waals surface area contributed by atoms with Gasteiger partial charge in [0.1, 0.15) is 0 Å². The van der Waals surface area contributed by atoms with Crippen LogP contribution in [0.15, 0.2) is 91.0 Å². The molecular formula is C24H17N3S. The number of nitrogens with zero attached hydrogens (tertiary/aromatic N) is 1. The normalized spacial score (nSPS) is 11.0. The van der Waals surface area contributed by atoms with Gasteiger partial charge in [-0.3, -0.25) is 0 Å². The molecule has 0 radical (unpaired) electrons. The molecule has 2 N–H and O–H groups in total. The molecule has 0 amide bonds. The van der Waals surface area contributed by atoms with Crippen LogP contribution in [0.25, 0.3) is 32.6 Å². The average Bonchev–Trinajstić information content (AvgIpc) is 2.72. The Morgan fingerprint density at radius 3 is 2.32 bits per heavy atom. The summed E-state index contributed by atoms with van der Waals surface area (Å²) in [5.74, 6) is 0. The molecule has 0 spiro atoms. The molecule has 1 aromatic heterocycles. The smallest absolute Gasteiger partial charge is 0.175 e. The molecule has 5 rings (SSSR count). The minimum absolute atomic E-state index is 0.552. The third kappa shape index (κ3) is 3.15. The minimum atomic E-state index is 0.552. The van der Waals surface area contributed by atoms with E-state index in [0.29, 0.717) is 5.11 Å². The number of anilines is 2. The molecule has 0 atom stereocenters. The second kappa shape index (κ2) is 6.91. The highest BCUT2D eigenvalue weighted by Crippen LogP contribution is 2.25. The lowest BCUT2D eigenvalue weighted by molar-refractivity contribution is 1.49. The standard InChI is InChI=1S/C24H17N3S/c28-24(27-22-11-5-8-16-6-1-3-9-20(16)22)25-19-13-12-18-14-17-7-2-4-10-21(17)26-23(18)15-19/h1-15H,(H2,25,27,28). The summed E-state index contributed by atoms with van der Waals surface area (Å²) in [5, 5.41) is 11.7. The van der Waals surface area contributed by atoms with E-state index in [9.17, 15) is 0 Å². The Kier molecular flexibility index (Phi) is 4.11. The van der Waals surface area contributed by atoms with Gasteiger partial charge in [0.15, 0.2) is 5.11 Å². The van der Waals surface area contributed by atoms with Gasteiger partial charge in [-0.2, -0.15) is 0 Å². The molecule has 0 saturated heterocycles. The Balaban J connectivity index is 1.42. The van der Waals surface area contributed by atoms with E-state index in [4.69, 9.17) is 17.2 Å². The Hall–Kier alpha value is -3.50. The lowest BCUT2D eigenvalue weighted by Crippen LogP contribution is -2.19. The number of pyridine rings is 1. The molecule has 4 heteroatoms. The molecule has 4 aromatic carbocycles. The molecule has 0 unspecified atom stereocenters. The summed E-state index contributed by atoms with van der Waals surface area (Å²) < 4.78 is 0. The molecule has 0 aliphatic rings. The van der Waals surface area contributed by atoms with Crippen LogP contribution in [0.1, 0.15) is 0 Å². The van der Waals surface area contributed by atoms with E-state index in [2.05, 4.69) is 47.0 Å². The molecule has 5 aromatic rings. The van der Waals surface area contributed by atoms with Gasteiger partial charge in [-0.1, -0.05) is 60.7 Å². The van der Waals surface area contributed by atoms with Crippen molar-refractivity contribution in [3.63, 3.8) is 0 Å². The van der Waals surface area contributed by atoms with Gasteiger partial charge in [-0.15, -0.1) is 0 Å². The lowest BCUT2D eigenvalue weighted by atomic mass is 10.1. The van der Waals surface area contributed by atoms with Gasteiger partial charge in [-0.25, -0.2) is 4.98 Å². The van der Waals surface area contributed by atoms with Crippen molar-refractivity contribution in [3.05, 3.63) is 91.0 Å². The van der Waals surface area contributed by atoms with Crippen LogP contribution in [-0.4, -0.2) is 10.1 Å². The maximum absolute atomic E-state index is 5.54. The maximum Gasteiger partial charge on any atom is 0.175 e. The fourth-order valence-corrected chi connectivity index (χ4v) is 3.70. The van der Waals surface area contributed by atoms with Gasteiger partial charge in [0, 0.05) is 27.5 Å². The van der Waals surface area contributed by atoms with Crippen LogP contribution in [0.2, 0.25) is 0 Å². The van der Waals surface area contributed by atoms with E-state index in [0.717, 1.165) is 38.6 Å². The van der Waals surface area contributed by atoms with Crippen LogP contribution in [0.5, 0.6) is 0 Å². The van der Waals surface area contributed by atoms with E-state index in [-0.39, 0.29) is 0 Å². The molecule has 0 bridgehead atoms. The first-order chi connectivity index (χ1) is 13.8. The molecule has 1 heterocycles. The van der Waals surface area contributed by atoms with Crippen LogP contribution < -0.4 is 10.6 Å². The highest BCUT2D eigenvalue weighted by molar-refractivity contribution is 7.80. The third-order valence-corrected chi connectivity index (χ3v) is 5.02. The third-order valence-electron chi connectivity index (χ3n) is 4.81. The van der Waals surface area contributed by atoms with Crippen LogP contribution in [-0.2, 0) is 0 Å². The predicted octanol–water partition coefficient (Wildman–Crippen LogP) is 6.35. The van der Waals surface area contributed by atoms with Crippen molar-refractivity contribution in [2.75, 3.05) is 10.6 Å². The summed E-state index contributed by atoms with van der Waals surface area (Å²) >= 11 is 5.54. The molecule has 134 valence electrons. The van der Waals surface area contributed by atoms with Crippen molar-refractivity contribution in [2.45, 2.75) is 0 Å². The monoisotopic (exact) mass is 379 g/mol. The molecule has 0 aliphatic carbocycles. The van der Waals surface area contributed by atoms with Gasteiger partial charge in [0.25, 0.3) is 0 Å². The van der Waals surface area contributed by atoms with Crippen molar-refractivity contribution in [1.82, 2.24) is 4.98 Å². The van der Waals surface area contributed by atoms with Gasteiger partial charge in [0.2, 0.25) is 0 Å². The van der Waals surface area contributed by atoms with E-state index < -0.39 is 0 Å². The zero-order valence-corrected chi connectivity index (χ0v) is 15.8. The van der Waals surface area contributed by atoms with E-state index in [1.807, 2.05) is 54.6 Å². The second-order valence-corrected chi connectivity index (χ2v) is 7.10. The quantitative estimate of drug-likeness (QED) is 0.277. The first kappa shape index (κ1) is 16.7. The summed E-state index contributed by atoms with van der Waals surface area (Å²) in [4.78, 5) is 4.77. The Labute approximate surface area is 168 Å². The maximum atomic E-state index is 5.54.